The van der Waals surface area contributed by atoms with Crippen LogP contribution in [0.25, 0.3) is 0 Å². The molecule has 2 aromatic carbocycles. The van der Waals surface area contributed by atoms with Crippen LogP contribution in [0, 0.1) is 0 Å². The molecule has 1 aromatic heterocycles. The fourth-order valence-corrected chi connectivity index (χ4v) is 4.12. The molecule has 1 aliphatic rings. The van der Waals surface area contributed by atoms with E-state index in [1.54, 1.807) is 19.2 Å². The van der Waals surface area contributed by atoms with Gasteiger partial charge in [0.2, 0.25) is 17.6 Å². The Bertz CT molecular complexity index is 1360. The van der Waals surface area contributed by atoms with Crippen molar-refractivity contribution in [2.24, 2.45) is 0 Å². The number of nitrogens with zero attached hydrogens (tertiary/aromatic N) is 5. The number of ketones is 1. The van der Waals surface area contributed by atoms with Gasteiger partial charge in [-0.15, -0.1) is 0 Å². The number of nitrogens with one attached hydrogen (secondary N) is 2. The van der Waals surface area contributed by atoms with Gasteiger partial charge >= 0.3 is 0 Å². The van der Waals surface area contributed by atoms with Crippen molar-refractivity contribution in [3.63, 3.8) is 0 Å². The van der Waals surface area contributed by atoms with Gasteiger partial charge in [-0.1, -0.05) is 40.7 Å². The molecule has 44 heavy (non-hydrogen) atoms. The van der Waals surface area contributed by atoms with E-state index in [9.17, 15) is 9.59 Å². The summed E-state index contributed by atoms with van der Waals surface area (Å²) in [7, 11) is 7.52. The Morgan fingerprint density at radius 3 is 2.23 bits per heavy atom. The third-order valence-electron chi connectivity index (χ3n) is 6.54. The van der Waals surface area contributed by atoms with Crippen LogP contribution >= 0.6 is 0 Å². The molecular weight excluding hydrogens is 554 g/mol. The molecule has 0 unspecified atom stereocenters. The van der Waals surface area contributed by atoms with Crippen LogP contribution in [0.5, 0.6) is 5.75 Å². The number of likely N-dealkylation sites (N-methyl/N-ethyl adjacent to an activating group) is 2. The highest BCUT2D eigenvalue weighted by atomic mass is 16.5. The topological polar surface area (TPSA) is 103 Å². The van der Waals surface area contributed by atoms with Gasteiger partial charge in [0.1, 0.15) is 11.4 Å². The first-order chi connectivity index (χ1) is 21.2. The second kappa shape index (κ2) is 18.3. The summed E-state index contributed by atoms with van der Waals surface area (Å²) in [5.74, 6) is 0.225. The monoisotopic (exact) mass is 603 g/mol. The standard InChI is InChI=1S/C29H35N7O3.C3H8.C2H6/c1-6-27(37)31-23-18-24(26(39-5)19-25(23)35(4)17-16-34(2)3)33-29-30-13-12-22(32-29)28(38)20-8-10-21(11-9-20)36-14-7-15-36;1-3-2;1-2/h6,8-13,18-19H,1,7,14-17H2,2-5H3,(H,31,37)(H,30,32,33);3H2,1-2H3;1-2H3. The summed E-state index contributed by atoms with van der Waals surface area (Å²) in [6.07, 6.45) is 5.20. The van der Waals surface area contributed by atoms with Crippen LogP contribution in [0.15, 0.2) is 61.3 Å². The number of carbonyl (C=O) groups is 2. The van der Waals surface area contributed by atoms with Gasteiger partial charge in [-0.2, -0.15) is 0 Å². The minimum absolute atomic E-state index is 0.195. The number of anilines is 5. The van der Waals surface area contributed by atoms with Gasteiger partial charge < -0.3 is 30.1 Å². The highest BCUT2D eigenvalue weighted by molar-refractivity contribution is 6.08. The zero-order valence-corrected chi connectivity index (χ0v) is 27.6. The predicted octanol–water partition coefficient (Wildman–Crippen LogP) is 6.23. The number of hydrogen-bond acceptors (Lipinski definition) is 9. The van der Waals surface area contributed by atoms with Gasteiger partial charge in [-0.3, -0.25) is 9.59 Å². The van der Waals surface area contributed by atoms with Gasteiger partial charge in [0.15, 0.2) is 0 Å². The summed E-state index contributed by atoms with van der Waals surface area (Å²) >= 11 is 0. The van der Waals surface area contributed by atoms with E-state index in [-0.39, 0.29) is 23.3 Å². The van der Waals surface area contributed by atoms with Gasteiger partial charge in [0.25, 0.3) is 0 Å². The van der Waals surface area contributed by atoms with Crippen LogP contribution in [0.3, 0.4) is 0 Å². The molecule has 0 bridgehead atoms. The molecule has 3 aromatic rings. The lowest BCUT2D eigenvalue weighted by atomic mass is 10.1. The molecule has 1 fully saturated rings. The smallest absolute Gasteiger partial charge is 0.247 e. The molecule has 1 saturated heterocycles. The Kier molecular flexibility index (Phi) is 14.8. The Labute approximate surface area is 263 Å². The Balaban J connectivity index is 0.00000127. The number of aromatic nitrogens is 2. The second-order valence-corrected chi connectivity index (χ2v) is 10.3. The number of benzene rings is 2. The van der Waals surface area contributed by atoms with Crippen molar-refractivity contribution >= 4 is 40.4 Å². The number of amides is 1. The van der Waals surface area contributed by atoms with E-state index in [0.717, 1.165) is 37.6 Å². The summed E-state index contributed by atoms with van der Waals surface area (Å²) in [5.41, 5.74) is 3.82. The first-order valence-electron chi connectivity index (χ1n) is 15.2. The molecule has 2 heterocycles. The van der Waals surface area contributed by atoms with Gasteiger partial charge in [-0.25, -0.2) is 9.97 Å². The number of hydrogen-bond donors (Lipinski definition) is 2. The fourth-order valence-electron chi connectivity index (χ4n) is 4.12. The Morgan fingerprint density at radius 1 is 1.02 bits per heavy atom. The lowest BCUT2D eigenvalue weighted by molar-refractivity contribution is -0.111. The summed E-state index contributed by atoms with van der Waals surface area (Å²) in [4.78, 5) is 40.5. The van der Waals surface area contributed by atoms with Crippen LogP contribution in [0.1, 0.15) is 56.6 Å². The molecule has 1 amide bonds. The van der Waals surface area contributed by atoms with Crippen molar-refractivity contribution in [1.29, 1.82) is 0 Å². The molecular formula is C34H49N7O3. The average molecular weight is 604 g/mol. The highest BCUT2D eigenvalue weighted by Crippen LogP contribution is 2.38. The molecule has 0 aliphatic carbocycles. The molecule has 238 valence electrons. The van der Waals surface area contributed by atoms with E-state index in [0.29, 0.717) is 22.7 Å². The predicted molar refractivity (Wildman–Crippen MR) is 183 cm³/mol. The van der Waals surface area contributed by atoms with Gasteiger partial charge in [0, 0.05) is 56.7 Å². The minimum atomic E-state index is -0.336. The maximum absolute atomic E-state index is 13.2. The molecule has 1 aliphatic heterocycles. The molecule has 0 atom stereocenters. The van der Waals surface area contributed by atoms with Crippen LogP contribution < -0.4 is 25.2 Å². The Morgan fingerprint density at radius 2 is 1.68 bits per heavy atom. The lowest BCUT2D eigenvalue weighted by Crippen LogP contribution is -2.36. The second-order valence-electron chi connectivity index (χ2n) is 10.3. The summed E-state index contributed by atoms with van der Waals surface area (Å²) in [5, 5.41) is 6.02. The third-order valence-corrected chi connectivity index (χ3v) is 6.54. The fraction of sp³-hybridized carbons (Fsp3) is 0.412. The minimum Gasteiger partial charge on any atom is -0.494 e. The van der Waals surface area contributed by atoms with Crippen molar-refractivity contribution in [3.8, 4) is 5.75 Å². The van der Waals surface area contributed by atoms with Crippen molar-refractivity contribution < 1.29 is 14.3 Å². The van der Waals surface area contributed by atoms with E-state index in [4.69, 9.17) is 4.74 Å². The van der Waals surface area contributed by atoms with Crippen molar-refractivity contribution in [1.82, 2.24) is 14.9 Å². The van der Waals surface area contributed by atoms with Crippen molar-refractivity contribution in [2.45, 2.75) is 40.5 Å². The first kappa shape index (κ1) is 35.8. The highest BCUT2D eigenvalue weighted by Gasteiger charge is 2.19. The van der Waals surface area contributed by atoms with Crippen LogP contribution in [0.4, 0.5) is 28.7 Å². The molecule has 10 nitrogen and oxygen atoms in total. The van der Waals surface area contributed by atoms with Gasteiger partial charge in [-0.05, 0) is 63.0 Å². The SMILES string of the molecule is C=CC(=O)Nc1cc(Nc2nccc(C(=O)c3ccc(N4CCC4)cc3)n2)c(OC)cc1N(C)CCN(C)C.CC.CCC. The van der Waals surface area contributed by atoms with Crippen molar-refractivity contribution in [3.05, 3.63) is 72.6 Å². The number of methoxy groups -OCH3 is 1. The van der Waals surface area contributed by atoms with Crippen LogP contribution in [-0.2, 0) is 4.79 Å². The zero-order chi connectivity index (χ0) is 32.6. The molecule has 10 heteroatoms. The Hall–Kier alpha value is -4.44. The molecule has 0 spiro atoms. The van der Waals surface area contributed by atoms with Crippen LogP contribution in [0.2, 0.25) is 0 Å². The van der Waals surface area contributed by atoms with Gasteiger partial charge in [0.05, 0.1) is 24.2 Å². The van der Waals surface area contributed by atoms with E-state index in [1.807, 2.05) is 70.2 Å². The number of carbonyl (C=O) groups excluding carboxylic acids is 2. The average Bonchev–Trinajstić information content (AvgIpc) is 3.00. The normalized spacial score (nSPS) is 11.6. The summed E-state index contributed by atoms with van der Waals surface area (Å²) in [6.45, 7) is 15.5. The molecule has 0 saturated carbocycles. The first-order valence-corrected chi connectivity index (χ1v) is 15.2. The third kappa shape index (κ3) is 10.1. The van der Waals surface area contributed by atoms with E-state index < -0.39 is 0 Å². The lowest BCUT2D eigenvalue weighted by Gasteiger charge is -2.33. The molecule has 4 rings (SSSR count). The number of rotatable bonds is 12. The number of ether oxygens (including phenoxy) is 1. The molecule has 0 radical (unpaired) electrons. The van der Waals surface area contributed by atoms with E-state index in [1.165, 1.54) is 25.1 Å². The van der Waals surface area contributed by atoms with E-state index in [2.05, 4.69) is 50.8 Å². The maximum atomic E-state index is 13.2. The summed E-state index contributed by atoms with van der Waals surface area (Å²) < 4.78 is 5.65. The largest absolute Gasteiger partial charge is 0.494 e. The molecule has 2 N–H and O–H groups in total. The maximum Gasteiger partial charge on any atom is 0.247 e. The zero-order valence-electron chi connectivity index (χ0n) is 27.6. The quantitative estimate of drug-likeness (QED) is 0.184. The van der Waals surface area contributed by atoms with Crippen molar-refractivity contribution in [2.75, 3.05) is 74.9 Å². The van der Waals surface area contributed by atoms with E-state index >= 15 is 0 Å². The summed E-state index contributed by atoms with van der Waals surface area (Å²) in [6, 6.07) is 12.8. The van der Waals surface area contributed by atoms with Crippen LogP contribution in [-0.4, -0.2) is 81.0 Å².